The number of thioether (sulfide) groups is 1. The van der Waals surface area contributed by atoms with Gasteiger partial charge in [-0.15, -0.1) is 11.8 Å². The molecule has 24 heavy (non-hydrogen) atoms. The largest absolute Gasteiger partial charge is 0.491 e. The van der Waals surface area contributed by atoms with Crippen LogP contribution in [0.25, 0.3) is 0 Å². The first kappa shape index (κ1) is 18.9. The minimum absolute atomic E-state index is 0.0432. The van der Waals surface area contributed by atoms with Crippen molar-refractivity contribution >= 4 is 33.6 Å². The SMILES string of the molecule is Cc1ccc(C)c(OCCNC(=O)CSCc2ccc(Br)cc2)c1. The fourth-order valence-corrected chi connectivity index (χ4v) is 3.19. The molecule has 0 saturated carbocycles. The van der Waals surface area contributed by atoms with Crippen LogP contribution in [-0.2, 0) is 10.5 Å². The number of ether oxygens (including phenoxy) is 1. The van der Waals surface area contributed by atoms with Gasteiger partial charge in [0, 0.05) is 10.2 Å². The van der Waals surface area contributed by atoms with Gasteiger partial charge in [-0.05, 0) is 48.7 Å². The summed E-state index contributed by atoms with van der Waals surface area (Å²) >= 11 is 5.03. The van der Waals surface area contributed by atoms with Crippen LogP contribution >= 0.6 is 27.7 Å². The monoisotopic (exact) mass is 407 g/mol. The predicted molar refractivity (Wildman–Crippen MR) is 105 cm³/mol. The van der Waals surface area contributed by atoms with Crippen molar-refractivity contribution in [3.8, 4) is 5.75 Å². The molecule has 0 aliphatic heterocycles. The Labute approximate surface area is 156 Å². The Hall–Kier alpha value is -1.46. The lowest BCUT2D eigenvalue weighted by Crippen LogP contribution is -2.29. The van der Waals surface area contributed by atoms with E-state index in [-0.39, 0.29) is 5.91 Å². The van der Waals surface area contributed by atoms with Gasteiger partial charge in [0.05, 0.1) is 12.3 Å². The van der Waals surface area contributed by atoms with Gasteiger partial charge in [-0.1, -0.05) is 40.2 Å². The standard InChI is InChI=1S/C19H22BrNO2S/c1-14-3-4-15(2)18(11-14)23-10-9-21-19(22)13-24-12-16-5-7-17(20)8-6-16/h3-8,11H,9-10,12-13H2,1-2H3,(H,21,22). The maximum absolute atomic E-state index is 11.8. The molecule has 0 atom stereocenters. The van der Waals surface area contributed by atoms with Gasteiger partial charge in [0.2, 0.25) is 5.91 Å². The molecular formula is C19H22BrNO2S. The van der Waals surface area contributed by atoms with Crippen LogP contribution in [0.3, 0.4) is 0 Å². The Morgan fingerprint density at radius 2 is 1.92 bits per heavy atom. The Morgan fingerprint density at radius 1 is 1.17 bits per heavy atom. The van der Waals surface area contributed by atoms with Crippen molar-refractivity contribution in [1.29, 1.82) is 0 Å². The second-order valence-electron chi connectivity index (χ2n) is 5.59. The fourth-order valence-electron chi connectivity index (χ4n) is 2.11. The first-order valence-electron chi connectivity index (χ1n) is 7.83. The number of rotatable bonds is 8. The van der Waals surface area contributed by atoms with E-state index >= 15 is 0 Å². The molecule has 0 aliphatic rings. The van der Waals surface area contributed by atoms with Crippen molar-refractivity contribution in [1.82, 2.24) is 5.32 Å². The molecule has 0 radical (unpaired) electrons. The molecule has 2 aromatic rings. The number of benzene rings is 2. The molecule has 0 spiro atoms. The van der Waals surface area contributed by atoms with Crippen molar-refractivity contribution in [3.63, 3.8) is 0 Å². The molecule has 0 saturated heterocycles. The first-order chi connectivity index (χ1) is 11.5. The van der Waals surface area contributed by atoms with E-state index in [1.807, 2.05) is 38.1 Å². The summed E-state index contributed by atoms with van der Waals surface area (Å²) in [5.41, 5.74) is 3.50. The lowest BCUT2D eigenvalue weighted by molar-refractivity contribution is -0.118. The highest BCUT2D eigenvalue weighted by molar-refractivity contribution is 9.10. The molecule has 3 nitrogen and oxygen atoms in total. The number of carbonyl (C=O) groups excluding carboxylic acids is 1. The maximum Gasteiger partial charge on any atom is 0.230 e. The summed E-state index contributed by atoms with van der Waals surface area (Å²) in [6.07, 6.45) is 0. The maximum atomic E-state index is 11.8. The van der Waals surface area contributed by atoms with Crippen LogP contribution in [0.4, 0.5) is 0 Å². The Kier molecular flexibility index (Phi) is 7.66. The van der Waals surface area contributed by atoms with Crippen LogP contribution in [0.5, 0.6) is 5.75 Å². The molecule has 5 heteroatoms. The molecule has 0 unspecified atom stereocenters. The Morgan fingerprint density at radius 3 is 2.67 bits per heavy atom. The Balaban J connectivity index is 1.61. The number of hydrogen-bond donors (Lipinski definition) is 1. The van der Waals surface area contributed by atoms with Crippen molar-refractivity contribution in [2.24, 2.45) is 0 Å². The zero-order valence-electron chi connectivity index (χ0n) is 14.0. The van der Waals surface area contributed by atoms with E-state index in [0.29, 0.717) is 18.9 Å². The molecule has 0 aliphatic carbocycles. The lowest BCUT2D eigenvalue weighted by Gasteiger charge is -2.10. The second kappa shape index (κ2) is 9.74. The van der Waals surface area contributed by atoms with Crippen LogP contribution in [-0.4, -0.2) is 24.8 Å². The molecule has 0 fully saturated rings. The summed E-state index contributed by atoms with van der Waals surface area (Å²) < 4.78 is 6.79. The third-order valence-corrected chi connectivity index (χ3v) is 4.97. The first-order valence-corrected chi connectivity index (χ1v) is 9.78. The predicted octanol–water partition coefficient (Wildman–Crippen LogP) is 4.49. The van der Waals surface area contributed by atoms with Gasteiger partial charge < -0.3 is 10.1 Å². The van der Waals surface area contributed by atoms with Crippen molar-refractivity contribution in [2.75, 3.05) is 18.9 Å². The molecule has 2 rings (SSSR count). The second-order valence-corrected chi connectivity index (χ2v) is 7.49. The number of halogens is 1. The average molecular weight is 408 g/mol. The van der Waals surface area contributed by atoms with Crippen LogP contribution in [0.15, 0.2) is 46.9 Å². The summed E-state index contributed by atoms with van der Waals surface area (Å²) in [5, 5.41) is 2.89. The summed E-state index contributed by atoms with van der Waals surface area (Å²) in [6, 6.07) is 14.3. The summed E-state index contributed by atoms with van der Waals surface area (Å²) in [7, 11) is 0. The van der Waals surface area contributed by atoms with E-state index in [4.69, 9.17) is 4.74 Å². The summed E-state index contributed by atoms with van der Waals surface area (Å²) in [5.74, 6) is 2.22. The van der Waals surface area contributed by atoms with Crippen molar-refractivity contribution in [3.05, 3.63) is 63.6 Å². The highest BCUT2D eigenvalue weighted by Crippen LogP contribution is 2.19. The number of nitrogens with one attached hydrogen (secondary N) is 1. The average Bonchev–Trinajstić information content (AvgIpc) is 2.56. The van der Waals surface area contributed by atoms with Gasteiger partial charge >= 0.3 is 0 Å². The molecular weight excluding hydrogens is 386 g/mol. The van der Waals surface area contributed by atoms with Gasteiger partial charge in [-0.2, -0.15) is 0 Å². The molecule has 0 aromatic heterocycles. The quantitative estimate of drug-likeness (QED) is 0.654. The number of carbonyl (C=O) groups is 1. The number of amides is 1. The molecule has 128 valence electrons. The highest BCUT2D eigenvalue weighted by Gasteiger charge is 2.03. The smallest absolute Gasteiger partial charge is 0.230 e. The number of aryl methyl sites for hydroxylation is 2. The molecule has 1 N–H and O–H groups in total. The highest BCUT2D eigenvalue weighted by atomic mass is 79.9. The normalized spacial score (nSPS) is 10.5. The Bertz CT molecular complexity index is 674. The summed E-state index contributed by atoms with van der Waals surface area (Å²) in [4.78, 5) is 11.8. The zero-order valence-corrected chi connectivity index (χ0v) is 16.4. The third-order valence-electron chi connectivity index (χ3n) is 3.44. The van der Waals surface area contributed by atoms with Gasteiger partial charge in [0.1, 0.15) is 12.4 Å². The van der Waals surface area contributed by atoms with E-state index in [2.05, 4.69) is 39.4 Å². The molecule has 2 aromatic carbocycles. The van der Waals surface area contributed by atoms with Crippen LogP contribution < -0.4 is 10.1 Å². The van der Waals surface area contributed by atoms with Gasteiger partial charge in [-0.25, -0.2) is 0 Å². The van der Waals surface area contributed by atoms with E-state index in [0.717, 1.165) is 21.5 Å². The minimum Gasteiger partial charge on any atom is -0.491 e. The fraction of sp³-hybridized carbons (Fsp3) is 0.316. The van der Waals surface area contributed by atoms with Crippen LogP contribution in [0, 0.1) is 13.8 Å². The van der Waals surface area contributed by atoms with Gasteiger partial charge in [0.25, 0.3) is 0 Å². The molecule has 1 amide bonds. The van der Waals surface area contributed by atoms with E-state index in [9.17, 15) is 4.79 Å². The van der Waals surface area contributed by atoms with Crippen LogP contribution in [0.1, 0.15) is 16.7 Å². The zero-order chi connectivity index (χ0) is 17.4. The molecule has 0 heterocycles. The van der Waals surface area contributed by atoms with E-state index < -0.39 is 0 Å². The number of hydrogen-bond acceptors (Lipinski definition) is 3. The van der Waals surface area contributed by atoms with Gasteiger partial charge in [0.15, 0.2) is 0 Å². The molecule has 0 bridgehead atoms. The minimum atomic E-state index is 0.0432. The van der Waals surface area contributed by atoms with Crippen molar-refractivity contribution < 1.29 is 9.53 Å². The van der Waals surface area contributed by atoms with E-state index in [1.165, 1.54) is 11.1 Å². The van der Waals surface area contributed by atoms with Crippen molar-refractivity contribution in [2.45, 2.75) is 19.6 Å². The topological polar surface area (TPSA) is 38.3 Å². The van der Waals surface area contributed by atoms with E-state index in [1.54, 1.807) is 11.8 Å². The lowest BCUT2D eigenvalue weighted by atomic mass is 10.1. The van der Waals surface area contributed by atoms with Gasteiger partial charge in [-0.3, -0.25) is 4.79 Å². The summed E-state index contributed by atoms with van der Waals surface area (Å²) in [6.45, 7) is 5.06. The van der Waals surface area contributed by atoms with Crippen LogP contribution in [0.2, 0.25) is 0 Å². The third kappa shape index (κ3) is 6.57.